The van der Waals surface area contributed by atoms with E-state index in [4.69, 9.17) is 15.7 Å². The van der Waals surface area contributed by atoms with Crippen molar-refractivity contribution >= 4 is 40.1 Å². The summed E-state index contributed by atoms with van der Waals surface area (Å²) >= 11 is 0. The standard InChI is InChI=1S/C20H24N2.C8H11N.C4H6O2/c1-13-9-7-10-14(2)19(13)21-17(5)18(6)22-20-15(3)11-8-12-16(20)4;1-6-4-3-5-7(2)8(6)9;1-3(5)4(2)6/h7-12H,1-6H3;3-5H,9H2,1-2H3;1-2H3. The fourth-order valence-electron chi connectivity index (χ4n) is 3.29. The first-order chi connectivity index (χ1) is 17.3. The highest BCUT2D eigenvalue weighted by Gasteiger charge is 2.06. The van der Waals surface area contributed by atoms with E-state index in [1.54, 1.807) is 0 Å². The van der Waals surface area contributed by atoms with Crippen LogP contribution >= 0.6 is 0 Å². The molecule has 3 aromatic carbocycles. The molecular formula is C32H41N3O2. The van der Waals surface area contributed by atoms with Crippen LogP contribution in [0.15, 0.2) is 64.6 Å². The molecule has 0 fully saturated rings. The lowest BCUT2D eigenvalue weighted by Gasteiger charge is -2.08. The van der Waals surface area contributed by atoms with Crippen LogP contribution in [0, 0.1) is 41.5 Å². The number of benzene rings is 3. The molecule has 5 nitrogen and oxygen atoms in total. The summed E-state index contributed by atoms with van der Waals surface area (Å²) in [5, 5.41) is 0. The predicted molar refractivity (Wildman–Crippen MR) is 159 cm³/mol. The van der Waals surface area contributed by atoms with Crippen LogP contribution in [0.4, 0.5) is 17.1 Å². The number of nitrogens with zero attached hydrogens (tertiary/aromatic N) is 2. The quantitative estimate of drug-likeness (QED) is 0.225. The number of nitrogen functional groups attached to an aromatic ring is 1. The largest absolute Gasteiger partial charge is 0.398 e. The fourth-order valence-corrected chi connectivity index (χ4v) is 3.29. The number of hydrogen-bond acceptors (Lipinski definition) is 5. The lowest BCUT2D eigenvalue weighted by Crippen LogP contribution is -2.05. The monoisotopic (exact) mass is 499 g/mol. The second-order valence-corrected chi connectivity index (χ2v) is 9.29. The number of carbonyl (C=O) groups is 2. The van der Waals surface area contributed by atoms with Crippen molar-refractivity contribution in [2.45, 2.75) is 69.2 Å². The zero-order valence-electron chi connectivity index (χ0n) is 24.0. The Bertz CT molecular complexity index is 1180. The minimum Gasteiger partial charge on any atom is -0.398 e. The molecule has 5 heteroatoms. The molecule has 3 rings (SSSR count). The number of aliphatic imine (C=N–C) groups is 2. The minimum absolute atomic E-state index is 0.380. The van der Waals surface area contributed by atoms with Crippen molar-refractivity contribution in [2.24, 2.45) is 9.98 Å². The van der Waals surface area contributed by atoms with Crippen molar-refractivity contribution in [1.29, 1.82) is 0 Å². The maximum absolute atomic E-state index is 9.79. The number of rotatable bonds is 4. The van der Waals surface area contributed by atoms with Gasteiger partial charge in [-0.2, -0.15) is 0 Å². The number of nitrogens with two attached hydrogens (primary N) is 1. The van der Waals surface area contributed by atoms with E-state index in [0.29, 0.717) is 0 Å². The zero-order valence-corrected chi connectivity index (χ0v) is 24.0. The topological polar surface area (TPSA) is 84.9 Å². The minimum atomic E-state index is -0.380. The smallest absolute Gasteiger partial charge is 0.195 e. The van der Waals surface area contributed by atoms with Crippen molar-refractivity contribution in [1.82, 2.24) is 0 Å². The molecule has 37 heavy (non-hydrogen) atoms. The van der Waals surface area contributed by atoms with Gasteiger partial charge in [-0.15, -0.1) is 0 Å². The van der Waals surface area contributed by atoms with Crippen molar-refractivity contribution in [3.05, 3.63) is 88.0 Å². The number of carbonyl (C=O) groups excluding carboxylic acids is 2. The van der Waals surface area contributed by atoms with Gasteiger partial charge in [-0.3, -0.25) is 19.6 Å². The number of para-hydroxylation sites is 3. The Balaban J connectivity index is 0.000000373. The molecule has 0 spiro atoms. The summed E-state index contributed by atoms with van der Waals surface area (Å²) in [6, 6.07) is 18.6. The third-order valence-corrected chi connectivity index (χ3v) is 6.00. The van der Waals surface area contributed by atoms with Gasteiger partial charge in [0.1, 0.15) is 0 Å². The molecule has 0 bridgehead atoms. The summed E-state index contributed by atoms with van der Waals surface area (Å²) in [6.07, 6.45) is 0. The van der Waals surface area contributed by atoms with Crippen LogP contribution in [0.5, 0.6) is 0 Å². The Hall–Kier alpha value is -3.86. The Kier molecular flexibility index (Phi) is 12.3. The Morgan fingerprint density at radius 1 is 0.514 bits per heavy atom. The Morgan fingerprint density at radius 2 is 0.757 bits per heavy atom. The molecule has 0 aromatic heterocycles. The summed E-state index contributed by atoms with van der Waals surface area (Å²) in [6.45, 7) is 19.0. The van der Waals surface area contributed by atoms with Gasteiger partial charge in [0.15, 0.2) is 11.6 Å². The van der Waals surface area contributed by atoms with E-state index >= 15 is 0 Å². The molecule has 0 atom stereocenters. The van der Waals surface area contributed by atoms with E-state index in [-0.39, 0.29) is 11.6 Å². The molecule has 0 aliphatic carbocycles. The summed E-state index contributed by atoms with van der Waals surface area (Å²) in [5.41, 5.74) is 17.7. The number of hydrogen-bond donors (Lipinski definition) is 1. The maximum Gasteiger partial charge on any atom is 0.195 e. The van der Waals surface area contributed by atoms with Gasteiger partial charge in [0.05, 0.1) is 22.8 Å². The number of anilines is 1. The highest BCUT2D eigenvalue weighted by atomic mass is 16.2. The molecule has 0 unspecified atom stereocenters. The third kappa shape index (κ3) is 9.96. The molecule has 2 N–H and O–H groups in total. The number of Topliss-reactive ketones (excluding diaryl/α,β-unsaturated/α-hetero) is 2. The summed E-state index contributed by atoms with van der Waals surface area (Å²) in [5.74, 6) is -0.759. The lowest BCUT2D eigenvalue weighted by atomic mass is 10.1. The molecule has 196 valence electrons. The molecule has 0 aliphatic heterocycles. The van der Waals surface area contributed by atoms with E-state index in [1.165, 1.54) is 36.1 Å². The van der Waals surface area contributed by atoms with Gasteiger partial charge in [-0.1, -0.05) is 54.6 Å². The second kappa shape index (κ2) is 14.6. The first-order valence-corrected chi connectivity index (χ1v) is 12.3. The molecule has 0 heterocycles. The van der Waals surface area contributed by atoms with Crippen molar-refractivity contribution in [3.8, 4) is 0 Å². The number of ketones is 2. The van der Waals surface area contributed by atoms with Crippen molar-refractivity contribution < 1.29 is 9.59 Å². The van der Waals surface area contributed by atoms with Gasteiger partial charge in [0.2, 0.25) is 0 Å². The molecule has 0 saturated heterocycles. The van der Waals surface area contributed by atoms with Crippen LogP contribution < -0.4 is 5.73 Å². The van der Waals surface area contributed by atoms with Crippen LogP contribution in [0.25, 0.3) is 0 Å². The van der Waals surface area contributed by atoms with Crippen molar-refractivity contribution in [3.63, 3.8) is 0 Å². The summed E-state index contributed by atoms with van der Waals surface area (Å²) in [4.78, 5) is 29.2. The van der Waals surface area contributed by atoms with E-state index in [1.807, 2.05) is 45.9 Å². The van der Waals surface area contributed by atoms with Crippen LogP contribution in [0.1, 0.15) is 61.1 Å². The van der Waals surface area contributed by atoms with Gasteiger partial charge in [-0.25, -0.2) is 0 Å². The average Bonchev–Trinajstić information content (AvgIpc) is 2.83. The van der Waals surface area contributed by atoms with Gasteiger partial charge < -0.3 is 5.73 Å². The van der Waals surface area contributed by atoms with Crippen LogP contribution in [0.3, 0.4) is 0 Å². The van der Waals surface area contributed by atoms with Gasteiger partial charge in [0, 0.05) is 19.5 Å². The predicted octanol–water partition coefficient (Wildman–Crippen LogP) is 7.86. The van der Waals surface area contributed by atoms with E-state index in [9.17, 15) is 9.59 Å². The van der Waals surface area contributed by atoms with E-state index < -0.39 is 0 Å². The van der Waals surface area contributed by atoms with Gasteiger partial charge >= 0.3 is 0 Å². The highest BCUT2D eigenvalue weighted by Crippen LogP contribution is 2.25. The third-order valence-electron chi connectivity index (χ3n) is 6.00. The Morgan fingerprint density at radius 3 is 0.973 bits per heavy atom. The second-order valence-electron chi connectivity index (χ2n) is 9.29. The molecule has 0 saturated carbocycles. The van der Waals surface area contributed by atoms with E-state index in [2.05, 4.69) is 64.1 Å². The molecule has 0 amide bonds. The van der Waals surface area contributed by atoms with Gasteiger partial charge in [-0.05, 0) is 88.8 Å². The van der Waals surface area contributed by atoms with Crippen molar-refractivity contribution in [2.75, 3.05) is 5.73 Å². The van der Waals surface area contributed by atoms with Crippen LogP contribution in [-0.2, 0) is 9.59 Å². The fraction of sp³-hybridized carbons (Fsp3) is 0.312. The maximum atomic E-state index is 9.79. The normalized spacial score (nSPS) is 11.1. The zero-order chi connectivity index (χ0) is 28.3. The van der Waals surface area contributed by atoms with Crippen LogP contribution in [-0.4, -0.2) is 23.0 Å². The molecular weight excluding hydrogens is 458 g/mol. The van der Waals surface area contributed by atoms with Crippen LogP contribution in [0.2, 0.25) is 0 Å². The summed E-state index contributed by atoms with van der Waals surface area (Å²) in [7, 11) is 0. The SMILES string of the molecule is CC(=Nc1c(C)cccc1C)C(C)=Nc1c(C)cccc1C.CC(=O)C(C)=O.Cc1cccc(C)c1N. The lowest BCUT2D eigenvalue weighted by molar-refractivity contribution is -0.134. The van der Waals surface area contributed by atoms with Gasteiger partial charge in [0.25, 0.3) is 0 Å². The molecule has 0 aliphatic rings. The molecule has 3 aromatic rings. The van der Waals surface area contributed by atoms with E-state index in [0.717, 1.165) is 39.6 Å². The highest BCUT2D eigenvalue weighted by molar-refractivity contribution is 6.41. The summed E-state index contributed by atoms with van der Waals surface area (Å²) < 4.78 is 0. The first kappa shape index (κ1) is 31.2. The number of aryl methyl sites for hydroxylation is 6. The first-order valence-electron chi connectivity index (χ1n) is 12.3. The average molecular weight is 500 g/mol. The molecule has 0 radical (unpaired) electrons. The Labute approximate surface area is 222 Å².